The van der Waals surface area contributed by atoms with Crippen molar-refractivity contribution in [3.63, 3.8) is 0 Å². The summed E-state index contributed by atoms with van der Waals surface area (Å²) in [6.45, 7) is 0. The fourth-order valence-electron chi connectivity index (χ4n) is 1.64. The van der Waals surface area contributed by atoms with E-state index in [0.717, 1.165) is 18.2 Å². The van der Waals surface area contributed by atoms with Gasteiger partial charge in [-0.25, -0.2) is 0 Å². The predicted molar refractivity (Wildman–Crippen MR) is 72.3 cm³/mol. The van der Waals surface area contributed by atoms with Crippen molar-refractivity contribution in [2.45, 2.75) is 0 Å². The molecule has 0 N–H and O–H groups in total. The van der Waals surface area contributed by atoms with Crippen molar-refractivity contribution in [3.05, 3.63) is 75.8 Å². The molecule has 5 heteroatoms. The molecule has 2 rings (SSSR count). The number of nitrogens with zero attached hydrogens (tertiary/aromatic N) is 1. The first-order valence-corrected chi connectivity index (χ1v) is 5.81. The average Bonchev–Trinajstić information content (AvgIpc) is 2.46. The topological polar surface area (TPSA) is 83.3 Å². The van der Waals surface area contributed by atoms with Crippen LogP contribution >= 0.6 is 0 Å². The Balaban J connectivity index is 2.25. The lowest BCUT2D eigenvalue weighted by Crippen LogP contribution is -1.97. The standard InChI is InChI=1S/C15H11NO4/c17-14(11-4-2-1-3-5-11)8-6-12-10-13(16(19)20)7-9-15(12)18/h1-10,18H/p-1/b8-6+. The lowest BCUT2D eigenvalue weighted by Gasteiger charge is -2.08. The first-order chi connectivity index (χ1) is 9.58. The lowest BCUT2D eigenvalue weighted by atomic mass is 10.1. The Morgan fingerprint density at radius 2 is 1.80 bits per heavy atom. The Morgan fingerprint density at radius 1 is 1.10 bits per heavy atom. The fourth-order valence-corrected chi connectivity index (χ4v) is 1.64. The molecule has 0 fully saturated rings. The van der Waals surface area contributed by atoms with Crippen molar-refractivity contribution in [3.8, 4) is 5.75 Å². The second-order valence-corrected chi connectivity index (χ2v) is 4.04. The van der Waals surface area contributed by atoms with Crippen LogP contribution in [0.15, 0.2) is 54.6 Å². The molecule has 0 spiro atoms. The Labute approximate surface area is 115 Å². The molecular weight excluding hydrogens is 258 g/mol. The van der Waals surface area contributed by atoms with Crippen molar-refractivity contribution in [2.75, 3.05) is 0 Å². The molecule has 5 nitrogen and oxygen atoms in total. The van der Waals surface area contributed by atoms with Crippen molar-refractivity contribution in [1.29, 1.82) is 0 Å². The summed E-state index contributed by atoms with van der Waals surface area (Å²) < 4.78 is 0. The molecule has 0 unspecified atom stereocenters. The average molecular weight is 268 g/mol. The molecule has 2 aromatic carbocycles. The van der Waals surface area contributed by atoms with Crippen LogP contribution in [0.2, 0.25) is 0 Å². The van der Waals surface area contributed by atoms with Crippen LogP contribution in [0, 0.1) is 10.1 Å². The SMILES string of the molecule is O=C(/C=C/c1cc([N+](=O)[O-])ccc1[O-])c1ccccc1. The van der Waals surface area contributed by atoms with Crippen LogP contribution in [0.3, 0.4) is 0 Å². The number of benzene rings is 2. The highest BCUT2D eigenvalue weighted by Crippen LogP contribution is 2.22. The molecule has 0 bridgehead atoms. The zero-order valence-corrected chi connectivity index (χ0v) is 10.4. The van der Waals surface area contributed by atoms with Gasteiger partial charge >= 0.3 is 0 Å². The van der Waals surface area contributed by atoms with Crippen LogP contribution < -0.4 is 5.11 Å². The number of carbonyl (C=O) groups is 1. The summed E-state index contributed by atoms with van der Waals surface area (Å²) in [7, 11) is 0. The molecule has 100 valence electrons. The molecule has 0 amide bonds. The highest BCUT2D eigenvalue weighted by molar-refractivity contribution is 6.06. The monoisotopic (exact) mass is 268 g/mol. The van der Waals surface area contributed by atoms with Gasteiger partial charge in [0.05, 0.1) is 4.92 Å². The van der Waals surface area contributed by atoms with Crippen LogP contribution in [0.5, 0.6) is 5.75 Å². The van der Waals surface area contributed by atoms with Crippen LogP contribution in [0.1, 0.15) is 15.9 Å². The molecular formula is C15H10NO4-. The third-order valence-electron chi connectivity index (χ3n) is 2.68. The quantitative estimate of drug-likeness (QED) is 0.369. The van der Waals surface area contributed by atoms with Crippen molar-refractivity contribution in [1.82, 2.24) is 0 Å². The number of non-ortho nitro benzene ring substituents is 1. The Bertz CT molecular complexity index is 678. The number of hydrogen-bond donors (Lipinski definition) is 0. The molecule has 0 aliphatic rings. The fraction of sp³-hybridized carbons (Fsp3) is 0. The maximum Gasteiger partial charge on any atom is 0.269 e. The molecule has 0 atom stereocenters. The van der Waals surface area contributed by atoms with Gasteiger partial charge in [-0.3, -0.25) is 14.9 Å². The predicted octanol–water partition coefficient (Wildman–Crippen LogP) is 2.56. The first-order valence-electron chi connectivity index (χ1n) is 5.81. The maximum absolute atomic E-state index is 11.8. The smallest absolute Gasteiger partial charge is 0.269 e. The van der Waals surface area contributed by atoms with Crippen molar-refractivity contribution < 1.29 is 14.8 Å². The van der Waals surface area contributed by atoms with E-state index in [2.05, 4.69) is 0 Å². The molecule has 0 heterocycles. The number of nitro groups is 1. The van der Waals surface area contributed by atoms with Gasteiger partial charge in [0.15, 0.2) is 5.78 Å². The molecule has 0 aliphatic heterocycles. The lowest BCUT2D eigenvalue weighted by molar-refractivity contribution is -0.385. The minimum absolute atomic E-state index is 0.114. The molecule has 0 saturated heterocycles. The third-order valence-corrected chi connectivity index (χ3v) is 2.68. The zero-order chi connectivity index (χ0) is 14.5. The number of hydrogen-bond acceptors (Lipinski definition) is 4. The maximum atomic E-state index is 11.8. The van der Waals surface area contributed by atoms with E-state index in [1.54, 1.807) is 30.3 Å². The van der Waals surface area contributed by atoms with E-state index in [9.17, 15) is 20.0 Å². The van der Waals surface area contributed by atoms with E-state index in [4.69, 9.17) is 0 Å². The molecule has 20 heavy (non-hydrogen) atoms. The van der Waals surface area contributed by atoms with Crippen LogP contribution in [-0.4, -0.2) is 10.7 Å². The number of ketones is 1. The highest BCUT2D eigenvalue weighted by atomic mass is 16.6. The summed E-state index contributed by atoms with van der Waals surface area (Å²) in [6, 6.07) is 12.0. The van der Waals surface area contributed by atoms with Crippen LogP contribution in [0.25, 0.3) is 6.08 Å². The highest BCUT2D eigenvalue weighted by Gasteiger charge is 2.06. The van der Waals surface area contributed by atoms with Crippen LogP contribution in [-0.2, 0) is 0 Å². The largest absolute Gasteiger partial charge is 0.872 e. The molecule has 0 radical (unpaired) electrons. The molecule has 0 aromatic heterocycles. The third kappa shape index (κ3) is 3.08. The Morgan fingerprint density at radius 3 is 2.45 bits per heavy atom. The minimum Gasteiger partial charge on any atom is -0.872 e. The van der Waals surface area contributed by atoms with Crippen molar-refractivity contribution in [2.24, 2.45) is 0 Å². The zero-order valence-electron chi connectivity index (χ0n) is 10.4. The number of rotatable bonds is 4. The van der Waals surface area contributed by atoms with E-state index in [-0.39, 0.29) is 22.8 Å². The normalized spacial score (nSPS) is 10.6. The summed E-state index contributed by atoms with van der Waals surface area (Å²) in [5.41, 5.74) is 0.418. The van der Waals surface area contributed by atoms with Gasteiger partial charge in [0.1, 0.15) is 0 Å². The Kier molecular flexibility index (Phi) is 3.91. The van der Waals surface area contributed by atoms with Gasteiger partial charge < -0.3 is 5.11 Å². The first kappa shape index (κ1) is 13.5. The molecule has 2 aromatic rings. The molecule has 0 aliphatic carbocycles. The summed E-state index contributed by atoms with van der Waals surface area (Å²) >= 11 is 0. The van der Waals surface area contributed by atoms with Gasteiger partial charge in [0.25, 0.3) is 5.69 Å². The summed E-state index contributed by atoms with van der Waals surface area (Å²) in [4.78, 5) is 21.9. The van der Waals surface area contributed by atoms with Gasteiger partial charge in [-0.05, 0) is 11.6 Å². The van der Waals surface area contributed by atoms with E-state index in [1.165, 1.54) is 12.2 Å². The van der Waals surface area contributed by atoms with Gasteiger partial charge in [0.2, 0.25) is 0 Å². The van der Waals surface area contributed by atoms with Crippen molar-refractivity contribution >= 4 is 17.5 Å². The van der Waals surface area contributed by atoms with E-state index in [0.29, 0.717) is 5.56 Å². The van der Waals surface area contributed by atoms with E-state index >= 15 is 0 Å². The number of allylic oxidation sites excluding steroid dienone is 1. The van der Waals surface area contributed by atoms with E-state index < -0.39 is 4.92 Å². The Hall–Kier alpha value is -2.95. The van der Waals surface area contributed by atoms with E-state index in [1.807, 2.05) is 0 Å². The van der Waals surface area contributed by atoms with Gasteiger partial charge in [-0.2, -0.15) is 0 Å². The number of nitro benzene ring substituents is 1. The second kappa shape index (κ2) is 5.79. The summed E-state index contributed by atoms with van der Waals surface area (Å²) in [5, 5.41) is 22.2. The van der Waals surface area contributed by atoms with Gasteiger partial charge in [-0.1, -0.05) is 42.5 Å². The second-order valence-electron chi connectivity index (χ2n) is 4.04. The minimum atomic E-state index is -0.588. The van der Waals surface area contributed by atoms with Gasteiger partial charge in [-0.15, -0.1) is 5.75 Å². The van der Waals surface area contributed by atoms with Gasteiger partial charge in [0, 0.05) is 17.7 Å². The van der Waals surface area contributed by atoms with Crippen LogP contribution in [0.4, 0.5) is 5.69 Å². The summed E-state index contributed by atoms with van der Waals surface area (Å²) in [6.07, 6.45) is 2.53. The summed E-state index contributed by atoms with van der Waals surface area (Å²) in [5.74, 6) is -0.635. The molecule has 0 saturated carbocycles. The number of carbonyl (C=O) groups excluding carboxylic acids is 1.